The normalized spacial score (nSPS) is 39.4. The number of hydrogen-bond acceptors (Lipinski definition) is 4. The zero-order chi connectivity index (χ0) is 11.1. The van der Waals surface area contributed by atoms with Gasteiger partial charge in [-0.05, 0) is 26.9 Å². The molecule has 4 nitrogen and oxygen atoms in total. The van der Waals surface area contributed by atoms with Crippen LogP contribution in [0.4, 0.5) is 0 Å². The highest BCUT2D eigenvalue weighted by Crippen LogP contribution is 2.27. The predicted molar refractivity (Wildman–Crippen MR) is 65.2 cm³/mol. The van der Waals surface area contributed by atoms with Crippen LogP contribution in [0.1, 0.15) is 12.8 Å². The van der Waals surface area contributed by atoms with Gasteiger partial charge in [0.05, 0.1) is 12.3 Å². The summed E-state index contributed by atoms with van der Waals surface area (Å²) < 4.78 is 0. The molecule has 0 aliphatic carbocycles. The van der Waals surface area contributed by atoms with Crippen LogP contribution in [-0.2, 0) is 0 Å². The Bertz CT molecular complexity index is 231. The highest BCUT2D eigenvalue weighted by Gasteiger charge is 2.43. The lowest BCUT2D eigenvalue weighted by Crippen LogP contribution is -2.72. The number of hydrogen-bond donors (Lipinski definition) is 0. The van der Waals surface area contributed by atoms with Crippen LogP contribution in [0.2, 0.25) is 0 Å². The SMILES string of the molecule is CN1CCCN2CCN3CCCN(C)C3C12. The fourth-order valence-electron chi connectivity index (χ4n) is 3.71. The summed E-state index contributed by atoms with van der Waals surface area (Å²) in [7, 11) is 4.59. The van der Waals surface area contributed by atoms with Gasteiger partial charge in [0.2, 0.25) is 0 Å². The monoisotopic (exact) mass is 224 g/mol. The van der Waals surface area contributed by atoms with Crippen molar-refractivity contribution in [2.45, 2.75) is 25.2 Å². The van der Waals surface area contributed by atoms with Crippen molar-refractivity contribution in [3.8, 4) is 0 Å². The Hall–Kier alpha value is -0.160. The van der Waals surface area contributed by atoms with Crippen LogP contribution >= 0.6 is 0 Å². The van der Waals surface area contributed by atoms with E-state index < -0.39 is 0 Å². The molecule has 3 saturated heterocycles. The van der Waals surface area contributed by atoms with Gasteiger partial charge in [-0.2, -0.15) is 0 Å². The molecule has 16 heavy (non-hydrogen) atoms. The maximum Gasteiger partial charge on any atom is 0.0919 e. The van der Waals surface area contributed by atoms with Gasteiger partial charge in [0.1, 0.15) is 0 Å². The van der Waals surface area contributed by atoms with Crippen molar-refractivity contribution in [2.24, 2.45) is 0 Å². The molecule has 4 heteroatoms. The van der Waals surface area contributed by atoms with Crippen LogP contribution in [-0.4, -0.2) is 85.3 Å². The third kappa shape index (κ3) is 1.68. The Balaban J connectivity index is 1.83. The van der Waals surface area contributed by atoms with Gasteiger partial charge in [-0.3, -0.25) is 19.6 Å². The minimum atomic E-state index is 0.632. The van der Waals surface area contributed by atoms with Gasteiger partial charge in [-0.1, -0.05) is 0 Å². The van der Waals surface area contributed by atoms with Crippen LogP contribution < -0.4 is 0 Å². The molecule has 0 bridgehead atoms. The van der Waals surface area contributed by atoms with Crippen LogP contribution in [0.15, 0.2) is 0 Å². The molecule has 2 unspecified atom stereocenters. The lowest BCUT2D eigenvalue weighted by molar-refractivity contribution is -0.140. The molecule has 3 aliphatic rings. The third-order valence-corrected chi connectivity index (χ3v) is 4.50. The summed E-state index contributed by atoms with van der Waals surface area (Å²) in [5, 5.41) is 0. The van der Waals surface area contributed by atoms with Gasteiger partial charge in [-0.25, -0.2) is 0 Å². The van der Waals surface area contributed by atoms with Gasteiger partial charge in [0, 0.05) is 39.3 Å². The second-order valence-electron chi connectivity index (χ2n) is 5.57. The molecule has 3 rings (SSSR count). The molecule has 0 N–H and O–H groups in total. The highest BCUT2D eigenvalue weighted by atomic mass is 15.5. The Morgan fingerprint density at radius 3 is 1.50 bits per heavy atom. The second-order valence-corrected chi connectivity index (χ2v) is 5.57. The molecule has 0 aromatic rings. The van der Waals surface area contributed by atoms with E-state index in [1.54, 1.807) is 0 Å². The molecule has 0 amide bonds. The van der Waals surface area contributed by atoms with Crippen molar-refractivity contribution in [3.05, 3.63) is 0 Å². The maximum absolute atomic E-state index is 2.69. The Morgan fingerprint density at radius 1 is 0.625 bits per heavy atom. The molecule has 92 valence electrons. The number of likely N-dealkylation sites (N-methyl/N-ethyl adjacent to an activating group) is 2. The molecule has 0 radical (unpaired) electrons. The van der Waals surface area contributed by atoms with E-state index >= 15 is 0 Å². The van der Waals surface area contributed by atoms with Crippen LogP contribution in [0.3, 0.4) is 0 Å². The summed E-state index contributed by atoms with van der Waals surface area (Å²) in [5.74, 6) is 0. The summed E-state index contributed by atoms with van der Waals surface area (Å²) >= 11 is 0. The van der Waals surface area contributed by atoms with Gasteiger partial charge < -0.3 is 0 Å². The van der Waals surface area contributed by atoms with E-state index in [4.69, 9.17) is 0 Å². The van der Waals surface area contributed by atoms with Crippen molar-refractivity contribution in [1.29, 1.82) is 0 Å². The smallest absolute Gasteiger partial charge is 0.0919 e. The van der Waals surface area contributed by atoms with Crippen molar-refractivity contribution in [2.75, 3.05) is 53.4 Å². The zero-order valence-electron chi connectivity index (χ0n) is 10.6. The summed E-state index contributed by atoms with van der Waals surface area (Å²) in [5.41, 5.74) is 0. The molecule has 2 atom stereocenters. The molecule has 0 saturated carbocycles. The number of fused-ring (bicyclic) bond motifs is 3. The van der Waals surface area contributed by atoms with E-state index in [1.165, 1.54) is 52.1 Å². The fraction of sp³-hybridized carbons (Fsp3) is 1.00. The van der Waals surface area contributed by atoms with E-state index in [2.05, 4.69) is 33.7 Å². The predicted octanol–water partition coefficient (Wildman–Crippen LogP) is -0.0728. The van der Waals surface area contributed by atoms with Gasteiger partial charge in [-0.15, -0.1) is 0 Å². The third-order valence-electron chi connectivity index (χ3n) is 4.50. The summed E-state index contributed by atoms with van der Waals surface area (Å²) in [6.07, 6.45) is 3.94. The Morgan fingerprint density at radius 2 is 1.06 bits per heavy atom. The lowest BCUT2D eigenvalue weighted by Gasteiger charge is -2.57. The molecule has 3 fully saturated rings. The number of piperazine rings is 1. The molecular formula is C12H24N4. The second kappa shape index (κ2) is 4.26. The van der Waals surface area contributed by atoms with E-state index in [1.807, 2.05) is 0 Å². The van der Waals surface area contributed by atoms with Crippen molar-refractivity contribution in [1.82, 2.24) is 19.6 Å². The van der Waals surface area contributed by atoms with E-state index in [9.17, 15) is 0 Å². The summed E-state index contributed by atoms with van der Waals surface area (Å²) in [4.78, 5) is 10.5. The van der Waals surface area contributed by atoms with Crippen molar-refractivity contribution in [3.63, 3.8) is 0 Å². The average molecular weight is 224 g/mol. The summed E-state index contributed by atoms with van der Waals surface area (Å²) in [6.45, 7) is 7.65. The fourth-order valence-corrected chi connectivity index (χ4v) is 3.71. The first-order valence-corrected chi connectivity index (χ1v) is 6.66. The maximum atomic E-state index is 2.69. The largest absolute Gasteiger partial charge is 0.288 e. The number of nitrogens with zero attached hydrogens (tertiary/aromatic N) is 4. The van der Waals surface area contributed by atoms with Gasteiger partial charge >= 0.3 is 0 Å². The minimum absolute atomic E-state index is 0.632. The molecule has 0 spiro atoms. The van der Waals surface area contributed by atoms with E-state index in [-0.39, 0.29) is 0 Å². The first-order valence-electron chi connectivity index (χ1n) is 6.66. The lowest BCUT2D eigenvalue weighted by atomic mass is 10.1. The van der Waals surface area contributed by atoms with E-state index in [0.29, 0.717) is 12.3 Å². The Labute approximate surface area is 98.8 Å². The highest BCUT2D eigenvalue weighted by molar-refractivity contribution is 4.94. The first kappa shape index (κ1) is 11.0. The standard InChI is InChI=1S/C12H24N4/c1-13-5-3-7-15-9-10-16-8-4-6-14(2)12(16)11(13)15/h11-12H,3-10H2,1-2H3. The molecule has 3 aliphatic heterocycles. The van der Waals surface area contributed by atoms with Crippen LogP contribution in [0.25, 0.3) is 0 Å². The van der Waals surface area contributed by atoms with Gasteiger partial charge in [0.15, 0.2) is 0 Å². The van der Waals surface area contributed by atoms with Gasteiger partial charge in [0.25, 0.3) is 0 Å². The van der Waals surface area contributed by atoms with Crippen molar-refractivity contribution >= 4 is 0 Å². The quantitative estimate of drug-likeness (QED) is 0.571. The summed E-state index contributed by atoms with van der Waals surface area (Å²) in [6, 6.07) is 0. The van der Waals surface area contributed by atoms with Crippen LogP contribution in [0.5, 0.6) is 0 Å². The number of rotatable bonds is 0. The molecular weight excluding hydrogens is 200 g/mol. The molecule has 0 aromatic heterocycles. The Kier molecular flexibility index (Phi) is 2.92. The topological polar surface area (TPSA) is 13.0 Å². The average Bonchev–Trinajstić information content (AvgIpc) is 2.29. The molecule has 3 heterocycles. The van der Waals surface area contributed by atoms with Crippen LogP contribution in [0, 0.1) is 0 Å². The van der Waals surface area contributed by atoms with Crippen molar-refractivity contribution < 1.29 is 0 Å². The minimum Gasteiger partial charge on any atom is -0.288 e. The first-order chi connectivity index (χ1) is 7.77. The van der Waals surface area contributed by atoms with E-state index in [0.717, 1.165) is 0 Å². The zero-order valence-corrected chi connectivity index (χ0v) is 10.6. The molecule has 0 aromatic carbocycles.